The molecular weight excluding hydrogens is 306 g/mol. The second-order valence-electron chi connectivity index (χ2n) is 6.52. The molecule has 2 unspecified atom stereocenters. The van der Waals surface area contributed by atoms with Crippen molar-refractivity contribution in [3.63, 3.8) is 0 Å². The third-order valence-electron chi connectivity index (χ3n) is 4.15. The van der Waals surface area contributed by atoms with Crippen molar-refractivity contribution in [3.8, 4) is 0 Å². The van der Waals surface area contributed by atoms with Crippen molar-refractivity contribution in [2.24, 2.45) is 10.9 Å². The maximum atomic E-state index is 5.76. The van der Waals surface area contributed by atoms with Crippen molar-refractivity contribution in [1.29, 1.82) is 0 Å². The summed E-state index contributed by atoms with van der Waals surface area (Å²) in [6.45, 7) is 11.3. The van der Waals surface area contributed by atoms with E-state index in [2.05, 4.69) is 29.5 Å². The second kappa shape index (κ2) is 13.4. The molecule has 0 aliphatic carbocycles. The first-order valence-corrected chi connectivity index (χ1v) is 9.42. The molecule has 0 bridgehead atoms. The van der Waals surface area contributed by atoms with Gasteiger partial charge in [-0.25, -0.2) is 0 Å². The maximum absolute atomic E-state index is 5.76. The third kappa shape index (κ3) is 9.45. The molecule has 1 saturated heterocycles. The van der Waals surface area contributed by atoms with E-state index in [4.69, 9.17) is 14.2 Å². The van der Waals surface area contributed by atoms with Crippen LogP contribution >= 0.6 is 0 Å². The van der Waals surface area contributed by atoms with Gasteiger partial charge in [-0.15, -0.1) is 0 Å². The Balaban J connectivity index is 2.03. The van der Waals surface area contributed by atoms with Crippen LogP contribution in [0.2, 0.25) is 0 Å². The Morgan fingerprint density at radius 2 is 2.08 bits per heavy atom. The van der Waals surface area contributed by atoms with Gasteiger partial charge in [0.15, 0.2) is 5.96 Å². The standard InChI is InChI=1S/C18H37N3O3/c1-5-23-17(15(2)3)9-11-21-18(19-4)20-10-7-12-22-14-16-8-6-13-24-16/h15-17H,5-14H2,1-4H3,(H2,19,20,21). The van der Waals surface area contributed by atoms with Crippen LogP contribution < -0.4 is 10.6 Å². The molecule has 0 saturated carbocycles. The van der Waals surface area contributed by atoms with Gasteiger partial charge in [-0.05, 0) is 38.5 Å². The lowest BCUT2D eigenvalue weighted by molar-refractivity contribution is 0.0168. The molecule has 0 aromatic rings. The first-order valence-electron chi connectivity index (χ1n) is 9.42. The summed E-state index contributed by atoms with van der Waals surface area (Å²) < 4.78 is 16.9. The van der Waals surface area contributed by atoms with Crippen LogP contribution in [-0.4, -0.2) is 64.7 Å². The molecule has 1 fully saturated rings. The number of nitrogens with one attached hydrogen (secondary N) is 2. The molecule has 0 aromatic heterocycles. The van der Waals surface area contributed by atoms with E-state index < -0.39 is 0 Å². The van der Waals surface area contributed by atoms with Gasteiger partial charge in [0.05, 0.1) is 18.8 Å². The number of hydrogen-bond acceptors (Lipinski definition) is 4. The van der Waals surface area contributed by atoms with E-state index in [1.165, 1.54) is 6.42 Å². The van der Waals surface area contributed by atoms with Crippen molar-refractivity contribution in [3.05, 3.63) is 0 Å². The average molecular weight is 344 g/mol. The third-order valence-corrected chi connectivity index (χ3v) is 4.15. The summed E-state index contributed by atoms with van der Waals surface area (Å²) in [6, 6.07) is 0. The highest BCUT2D eigenvalue weighted by Gasteiger charge is 2.15. The number of rotatable bonds is 12. The Hall–Kier alpha value is -0.850. The van der Waals surface area contributed by atoms with Crippen molar-refractivity contribution in [2.75, 3.05) is 46.6 Å². The summed E-state index contributed by atoms with van der Waals surface area (Å²) >= 11 is 0. The van der Waals surface area contributed by atoms with Crippen LogP contribution in [0.5, 0.6) is 0 Å². The summed E-state index contributed by atoms with van der Waals surface area (Å²) in [6.07, 6.45) is 4.85. The van der Waals surface area contributed by atoms with Crippen molar-refractivity contribution >= 4 is 5.96 Å². The SMILES string of the molecule is CCOC(CCNC(=NC)NCCCOCC1CCCO1)C(C)C. The van der Waals surface area contributed by atoms with Crippen LogP contribution in [0.4, 0.5) is 0 Å². The van der Waals surface area contributed by atoms with Gasteiger partial charge >= 0.3 is 0 Å². The lowest BCUT2D eigenvalue weighted by atomic mass is 10.0. The van der Waals surface area contributed by atoms with Crippen molar-refractivity contribution < 1.29 is 14.2 Å². The van der Waals surface area contributed by atoms with Crippen LogP contribution in [0.3, 0.4) is 0 Å². The molecule has 2 N–H and O–H groups in total. The number of hydrogen-bond donors (Lipinski definition) is 2. The molecule has 1 heterocycles. The number of guanidine groups is 1. The predicted molar refractivity (Wildman–Crippen MR) is 98.6 cm³/mol. The van der Waals surface area contributed by atoms with E-state index in [0.717, 1.165) is 64.7 Å². The summed E-state index contributed by atoms with van der Waals surface area (Å²) in [5.74, 6) is 1.37. The fourth-order valence-corrected chi connectivity index (χ4v) is 2.75. The monoisotopic (exact) mass is 343 g/mol. The van der Waals surface area contributed by atoms with Gasteiger partial charge in [0.25, 0.3) is 0 Å². The molecular formula is C18H37N3O3. The van der Waals surface area contributed by atoms with Gasteiger partial charge < -0.3 is 24.8 Å². The molecule has 1 aliphatic heterocycles. The van der Waals surface area contributed by atoms with Crippen molar-refractivity contribution in [1.82, 2.24) is 10.6 Å². The normalized spacial score (nSPS) is 19.7. The van der Waals surface area contributed by atoms with Gasteiger partial charge in [-0.1, -0.05) is 13.8 Å². The summed E-state index contributed by atoms with van der Waals surface area (Å²) in [5, 5.41) is 6.67. The highest BCUT2D eigenvalue weighted by atomic mass is 16.5. The van der Waals surface area contributed by atoms with E-state index in [-0.39, 0.29) is 0 Å². The second-order valence-corrected chi connectivity index (χ2v) is 6.52. The first-order chi connectivity index (χ1) is 11.7. The lowest BCUT2D eigenvalue weighted by Gasteiger charge is -2.21. The Bertz CT molecular complexity index is 331. The minimum absolute atomic E-state index is 0.298. The zero-order valence-electron chi connectivity index (χ0n) is 16.0. The van der Waals surface area contributed by atoms with Crippen LogP contribution in [0.15, 0.2) is 4.99 Å². The molecule has 0 spiro atoms. The quantitative estimate of drug-likeness (QED) is 0.323. The van der Waals surface area contributed by atoms with E-state index >= 15 is 0 Å². The minimum atomic E-state index is 0.298. The Labute approximate surface area is 147 Å². The lowest BCUT2D eigenvalue weighted by Crippen LogP contribution is -2.40. The first kappa shape index (κ1) is 21.2. The summed E-state index contributed by atoms with van der Waals surface area (Å²) in [7, 11) is 1.80. The number of aliphatic imine (C=N–C) groups is 1. The fraction of sp³-hybridized carbons (Fsp3) is 0.944. The number of nitrogens with zero attached hydrogens (tertiary/aromatic N) is 1. The van der Waals surface area contributed by atoms with E-state index in [1.54, 1.807) is 7.05 Å². The Kier molecular flexibility index (Phi) is 11.9. The van der Waals surface area contributed by atoms with E-state index in [0.29, 0.717) is 18.1 Å². The highest BCUT2D eigenvalue weighted by molar-refractivity contribution is 5.79. The molecule has 1 aliphatic rings. The molecule has 0 radical (unpaired) electrons. The molecule has 1 rings (SSSR count). The van der Waals surface area contributed by atoms with Gasteiger partial charge in [0.2, 0.25) is 0 Å². The molecule has 0 aromatic carbocycles. The minimum Gasteiger partial charge on any atom is -0.379 e. The molecule has 24 heavy (non-hydrogen) atoms. The van der Waals surface area contributed by atoms with Gasteiger partial charge in [-0.3, -0.25) is 4.99 Å². The predicted octanol–water partition coefficient (Wildman–Crippen LogP) is 2.19. The van der Waals surface area contributed by atoms with Crippen LogP contribution in [0.25, 0.3) is 0 Å². The van der Waals surface area contributed by atoms with Gasteiger partial charge in [-0.2, -0.15) is 0 Å². The van der Waals surface area contributed by atoms with Crippen LogP contribution in [0.1, 0.15) is 46.5 Å². The maximum Gasteiger partial charge on any atom is 0.190 e. The average Bonchev–Trinajstić information content (AvgIpc) is 3.08. The van der Waals surface area contributed by atoms with E-state index in [9.17, 15) is 0 Å². The largest absolute Gasteiger partial charge is 0.379 e. The molecule has 2 atom stereocenters. The Morgan fingerprint density at radius 1 is 1.29 bits per heavy atom. The number of ether oxygens (including phenoxy) is 3. The fourth-order valence-electron chi connectivity index (χ4n) is 2.75. The zero-order chi connectivity index (χ0) is 17.6. The summed E-state index contributed by atoms with van der Waals surface area (Å²) in [5.41, 5.74) is 0. The van der Waals surface area contributed by atoms with Crippen LogP contribution in [-0.2, 0) is 14.2 Å². The topological polar surface area (TPSA) is 64.1 Å². The summed E-state index contributed by atoms with van der Waals surface area (Å²) in [4.78, 5) is 4.25. The van der Waals surface area contributed by atoms with Gasteiger partial charge in [0, 0.05) is 40.0 Å². The molecule has 142 valence electrons. The van der Waals surface area contributed by atoms with Gasteiger partial charge in [0.1, 0.15) is 0 Å². The molecule has 6 nitrogen and oxygen atoms in total. The Morgan fingerprint density at radius 3 is 2.71 bits per heavy atom. The molecule has 6 heteroatoms. The van der Waals surface area contributed by atoms with Crippen molar-refractivity contribution in [2.45, 2.75) is 58.7 Å². The smallest absolute Gasteiger partial charge is 0.190 e. The zero-order valence-corrected chi connectivity index (χ0v) is 16.0. The van der Waals surface area contributed by atoms with Crippen LogP contribution in [0, 0.1) is 5.92 Å². The highest BCUT2D eigenvalue weighted by Crippen LogP contribution is 2.12. The molecule has 0 amide bonds. The van der Waals surface area contributed by atoms with E-state index in [1.807, 2.05) is 6.92 Å².